The zero-order chi connectivity index (χ0) is 15.5. The van der Waals surface area contributed by atoms with Crippen LogP contribution in [0.25, 0.3) is 0 Å². The molecule has 6 nitrogen and oxygen atoms in total. The molecule has 1 aromatic rings. The Morgan fingerprint density at radius 2 is 2.05 bits per heavy atom. The molecule has 1 N–H and O–H groups in total. The van der Waals surface area contributed by atoms with E-state index in [9.17, 15) is 24.8 Å². The second-order valence-electron chi connectivity index (χ2n) is 5.40. The number of nitro benzene ring substituents is 1. The Balaban J connectivity index is 2.22. The number of Topliss-reactive ketones (excluding diaryl/α,β-unsaturated/α-hetero) is 1. The van der Waals surface area contributed by atoms with E-state index in [1.54, 1.807) is 18.2 Å². The van der Waals surface area contributed by atoms with Gasteiger partial charge in [0, 0.05) is 18.1 Å². The first-order valence-corrected chi connectivity index (χ1v) is 6.96. The number of aliphatic carboxylic acids is 1. The fraction of sp³-hybridized carbons (Fsp3) is 0.467. The van der Waals surface area contributed by atoms with Crippen molar-refractivity contribution in [2.45, 2.75) is 38.5 Å². The molecule has 0 amide bonds. The maximum atomic E-state index is 12.1. The number of nitrogens with zero attached hydrogens (tertiary/aromatic N) is 1. The lowest BCUT2D eigenvalue weighted by Gasteiger charge is -2.31. The summed E-state index contributed by atoms with van der Waals surface area (Å²) < 4.78 is 0. The minimum absolute atomic E-state index is 0.0266. The monoisotopic (exact) mass is 291 g/mol. The Morgan fingerprint density at radius 1 is 1.33 bits per heavy atom. The van der Waals surface area contributed by atoms with Gasteiger partial charge in [0.05, 0.1) is 4.92 Å². The molecule has 1 aromatic carbocycles. The summed E-state index contributed by atoms with van der Waals surface area (Å²) >= 11 is 0. The van der Waals surface area contributed by atoms with Gasteiger partial charge in [-0.1, -0.05) is 24.6 Å². The van der Waals surface area contributed by atoms with E-state index < -0.39 is 16.3 Å². The van der Waals surface area contributed by atoms with Crippen LogP contribution in [0.2, 0.25) is 0 Å². The van der Waals surface area contributed by atoms with Crippen molar-refractivity contribution in [3.8, 4) is 0 Å². The number of para-hydroxylation sites is 1. The largest absolute Gasteiger partial charge is 0.480 e. The summed E-state index contributed by atoms with van der Waals surface area (Å²) in [6.45, 7) is 0. The van der Waals surface area contributed by atoms with Gasteiger partial charge < -0.3 is 5.11 Å². The molecule has 0 heterocycles. The Morgan fingerprint density at radius 3 is 2.67 bits per heavy atom. The van der Waals surface area contributed by atoms with E-state index in [1.165, 1.54) is 6.07 Å². The van der Waals surface area contributed by atoms with E-state index in [0.717, 1.165) is 6.42 Å². The third-order valence-corrected chi connectivity index (χ3v) is 4.21. The molecular weight excluding hydrogens is 274 g/mol. The number of hydrogen-bond acceptors (Lipinski definition) is 4. The Hall–Kier alpha value is -2.24. The highest BCUT2D eigenvalue weighted by molar-refractivity contribution is 6.03. The molecule has 1 aliphatic carbocycles. The first kappa shape index (κ1) is 15.2. The molecule has 2 rings (SSSR count). The van der Waals surface area contributed by atoms with Gasteiger partial charge >= 0.3 is 5.97 Å². The number of carbonyl (C=O) groups is 2. The Bertz CT molecular complexity index is 583. The lowest BCUT2D eigenvalue weighted by molar-refractivity contribution is -0.385. The van der Waals surface area contributed by atoms with E-state index in [0.29, 0.717) is 18.4 Å². The molecule has 112 valence electrons. The highest BCUT2D eigenvalue weighted by atomic mass is 16.6. The summed E-state index contributed by atoms with van der Waals surface area (Å²) in [4.78, 5) is 34.1. The molecule has 21 heavy (non-hydrogen) atoms. The number of ketones is 1. The van der Waals surface area contributed by atoms with Crippen LogP contribution in [0.4, 0.5) is 5.69 Å². The van der Waals surface area contributed by atoms with Crippen LogP contribution in [0.5, 0.6) is 0 Å². The maximum Gasteiger partial charge on any atom is 0.317 e. The molecule has 1 unspecified atom stereocenters. The van der Waals surface area contributed by atoms with Crippen molar-refractivity contribution in [3.05, 3.63) is 39.9 Å². The molecule has 0 radical (unpaired) electrons. The summed E-state index contributed by atoms with van der Waals surface area (Å²) in [6.07, 6.45) is 2.36. The van der Waals surface area contributed by atoms with Gasteiger partial charge in [0.25, 0.3) is 5.69 Å². The van der Waals surface area contributed by atoms with Gasteiger partial charge in [-0.05, 0) is 25.7 Å². The Kier molecular flexibility index (Phi) is 4.35. The number of benzene rings is 1. The van der Waals surface area contributed by atoms with Crippen LogP contribution in [-0.4, -0.2) is 21.8 Å². The predicted molar refractivity (Wildman–Crippen MR) is 75.0 cm³/mol. The fourth-order valence-corrected chi connectivity index (χ4v) is 2.94. The van der Waals surface area contributed by atoms with E-state index in [1.807, 2.05) is 0 Å². The maximum absolute atomic E-state index is 12.1. The van der Waals surface area contributed by atoms with Crippen molar-refractivity contribution in [2.75, 3.05) is 0 Å². The van der Waals surface area contributed by atoms with Crippen LogP contribution in [-0.2, 0) is 16.0 Å². The highest BCUT2D eigenvalue weighted by Crippen LogP contribution is 2.38. The normalized spacial score (nSPS) is 22.0. The fourth-order valence-electron chi connectivity index (χ4n) is 2.94. The van der Waals surface area contributed by atoms with E-state index in [4.69, 9.17) is 0 Å². The first-order chi connectivity index (χ1) is 9.97. The molecular formula is C15H17NO5. The van der Waals surface area contributed by atoms with Crippen molar-refractivity contribution in [1.29, 1.82) is 0 Å². The van der Waals surface area contributed by atoms with Crippen LogP contribution in [0.1, 0.15) is 37.7 Å². The van der Waals surface area contributed by atoms with E-state index in [-0.39, 0.29) is 30.7 Å². The standard InChI is InChI=1S/C15H17NO5/c17-13-7-3-4-9-15(13,14(18)19)10-8-11-5-1-2-6-12(11)16(20)21/h1-2,5-6H,3-4,7-10H2,(H,18,19). The first-order valence-electron chi connectivity index (χ1n) is 6.96. The van der Waals surface area contributed by atoms with Crippen LogP contribution in [0, 0.1) is 15.5 Å². The van der Waals surface area contributed by atoms with Gasteiger partial charge in [-0.15, -0.1) is 0 Å². The van der Waals surface area contributed by atoms with Crippen molar-refractivity contribution in [3.63, 3.8) is 0 Å². The average molecular weight is 291 g/mol. The molecule has 6 heteroatoms. The summed E-state index contributed by atoms with van der Waals surface area (Å²) in [7, 11) is 0. The molecule has 1 saturated carbocycles. The quantitative estimate of drug-likeness (QED) is 0.511. The molecule has 0 saturated heterocycles. The minimum Gasteiger partial charge on any atom is -0.480 e. The van der Waals surface area contributed by atoms with Gasteiger partial charge in [0.1, 0.15) is 11.2 Å². The van der Waals surface area contributed by atoms with Crippen molar-refractivity contribution >= 4 is 17.4 Å². The molecule has 0 aliphatic heterocycles. The number of rotatable bonds is 5. The summed E-state index contributed by atoms with van der Waals surface area (Å²) in [5.41, 5.74) is -0.926. The van der Waals surface area contributed by atoms with Gasteiger partial charge in [-0.3, -0.25) is 19.7 Å². The molecule has 1 aliphatic rings. The lowest BCUT2D eigenvalue weighted by Crippen LogP contribution is -2.42. The predicted octanol–water partition coefficient (Wildman–Crippen LogP) is 2.74. The number of carboxylic acid groups (broad SMARTS) is 1. The highest BCUT2D eigenvalue weighted by Gasteiger charge is 2.46. The summed E-state index contributed by atoms with van der Waals surface area (Å²) in [5, 5.41) is 20.4. The zero-order valence-corrected chi connectivity index (χ0v) is 11.6. The molecule has 1 fully saturated rings. The second kappa shape index (κ2) is 6.03. The molecule has 0 bridgehead atoms. The average Bonchev–Trinajstić information content (AvgIpc) is 2.46. The van der Waals surface area contributed by atoms with Crippen molar-refractivity contribution < 1.29 is 19.6 Å². The van der Waals surface area contributed by atoms with Crippen LogP contribution >= 0.6 is 0 Å². The summed E-state index contributed by atoms with van der Waals surface area (Å²) in [5.74, 6) is -1.36. The third-order valence-electron chi connectivity index (χ3n) is 4.21. The summed E-state index contributed by atoms with van der Waals surface area (Å²) in [6, 6.07) is 6.26. The number of carboxylic acids is 1. The van der Waals surface area contributed by atoms with Crippen LogP contribution < -0.4 is 0 Å². The topological polar surface area (TPSA) is 97.5 Å². The number of carbonyl (C=O) groups excluding carboxylic acids is 1. The third kappa shape index (κ3) is 2.94. The van der Waals surface area contributed by atoms with Gasteiger partial charge in [0.2, 0.25) is 0 Å². The van der Waals surface area contributed by atoms with Gasteiger partial charge in [-0.2, -0.15) is 0 Å². The van der Waals surface area contributed by atoms with Crippen molar-refractivity contribution in [1.82, 2.24) is 0 Å². The number of hydrogen-bond donors (Lipinski definition) is 1. The number of aryl methyl sites for hydroxylation is 1. The second-order valence-corrected chi connectivity index (χ2v) is 5.40. The number of nitro groups is 1. The molecule has 0 aromatic heterocycles. The SMILES string of the molecule is O=C(O)C1(CCc2ccccc2[N+](=O)[O-])CCCCC1=O. The van der Waals surface area contributed by atoms with Gasteiger partial charge in [-0.25, -0.2) is 0 Å². The smallest absolute Gasteiger partial charge is 0.317 e. The minimum atomic E-state index is -1.37. The zero-order valence-electron chi connectivity index (χ0n) is 11.6. The molecule has 1 atom stereocenters. The van der Waals surface area contributed by atoms with E-state index >= 15 is 0 Å². The van der Waals surface area contributed by atoms with E-state index in [2.05, 4.69) is 0 Å². The lowest BCUT2D eigenvalue weighted by atomic mass is 9.69. The van der Waals surface area contributed by atoms with Gasteiger partial charge in [0.15, 0.2) is 0 Å². The Labute approximate surface area is 121 Å². The van der Waals surface area contributed by atoms with Crippen LogP contribution in [0.3, 0.4) is 0 Å². The van der Waals surface area contributed by atoms with Crippen molar-refractivity contribution in [2.24, 2.45) is 5.41 Å². The van der Waals surface area contributed by atoms with Crippen LogP contribution in [0.15, 0.2) is 24.3 Å². The molecule has 0 spiro atoms.